The highest BCUT2D eigenvalue weighted by Gasteiger charge is 2.42. The molecule has 1 amide bonds. The number of hydrogen-bond donors (Lipinski definition) is 2. The molecule has 3 N–H and O–H groups in total. The van der Waals surface area contributed by atoms with Crippen molar-refractivity contribution >= 4 is 22.8 Å². The summed E-state index contributed by atoms with van der Waals surface area (Å²) >= 11 is 0. The highest BCUT2D eigenvalue weighted by atomic mass is 16.3. The van der Waals surface area contributed by atoms with Crippen molar-refractivity contribution in [3.63, 3.8) is 0 Å². The lowest BCUT2D eigenvalue weighted by Crippen LogP contribution is -2.37. The molecule has 7 nitrogen and oxygen atoms in total. The number of nitrogens with two attached hydrogens (primary N) is 1. The molecule has 0 saturated carbocycles. The number of anilines is 1. The third-order valence-corrected chi connectivity index (χ3v) is 4.80. The van der Waals surface area contributed by atoms with E-state index in [1.807, 2.05) is 43.4 Å². The Hall–Kier alpha value is -3.37. The van der Waals surface area contributed by atoms with Crippen LogP contribution in [-0.2, 0) is 11.8 Å². The van der Waals surface area contributed by atoms with Crippen LogP contribution in [0.2, 0.25) is 0 Å². The summed E-state index contributed by atoms with van der Waals surface area (Å²) in [5.41, 5.74) is 8.16. The van der Waals surface area contributed by atoms with Gasteiger partial charge >= 0.3 is 0 Å². The lowest BCUT2D eigenvalue weighted by atomic mass is 10.0. The molecule has 0 bridgehead atoms. The van der Waals surface area contributed by atoms with Crippen LogP contribution in [0.15, 0.2) is 36.4 Å². The maximum Gasteiger partial charge on any atom is 0.267 e. The monoisotopic (exact) mass is 361 g/mol. The first kappa shape index (κ1) is 17.1. The van der Waals surface area contributed by atoms with E-state index in [4.69, 9.17) is 5.73 Å². The van der Waals surface area contributed by atoms with Gasteiger partial charge in [0.05, 0.1) is 11.2 Å². The van der Waals surface area contributed by atoms with Crippen LogP contribution in [-0.4, -0.2) is 49.9 Å². The fourth-order valence-corrected chi connectivity index (χ4v) is 3.23. The van der Waals surface area contributed by atoms with Gasteiger partial charge in [-0.2, -0.15) is 5.10 Å². The molecular formula is C20H19N5O2. The molecule has 4 rings (SSSR count). The number of aryl methyl sites for hydroxylation is 1. The van der Waals surface area contributed by atoms with Crippen molar-refractivity contribution in [1.82, 2.24) is 19.7 Å². The fraction of sp³-hybridized carbons (Fsp3) is 0.250. The van der Waals surface area contributed by atoms with Crippen molar-refractivity contribution in [1.29, 1.82) is 0 Å². The van der Waals surface area contributed by atoms with E-state index in [2.05, 4.69) is 21.9 Å². The van der Waals surface area contributed by atoms with Crippen molar-refractivity contribution < 1.29 is 9.90 Å². The van der Waals surface area contributed by atoms with Gasteiger partial charge in [-0.25, -0.2) is 4.98 Å². The van der Waals surface area contributed by atoms with Gasteiger partial charge in [0.15, 0.2) is 5.82 Å². The summed E-state index contributed by atoms with van der Waals surface area (Å²) in [5, 5.41) is 14.6. The highest BCUT2D eigenvalue weighted by molar-refractivity contribution is 5.90. The first-order valence-electron chi connectivity index (χ1n) is 8.58. The molecule has 3 heterocycles. The number of aliphatic hydroxyl groups is 1. The number of aromatic nitrogens is 3. The number of fused-ring (bicyclic) bond motifs is 1. The normalized spacial score (nSPS) is 19.4. The van der Waals surface area contributed by atoms with E-state index >= 15 is 0 Å². The molecule has 2 aromatic heterocycles. The molecular weight excluding hydrogens is 342 g/mol. The molecule has 3 aromatic rings. The number of carbonyl (C=O) groups excluding carboxylic acids is 1. The van der Waals surface area contributed by atoms with E-state index in [1.165, 1.54) is 4.90 Å². The van der Waals surface area contributed by atoms with Crippen molar-refractivity contribution in [2.45, 2.75) is 12.0 Å². The molecule has 1 aromatic carbocycles. The molecule has 136 valence electrons. The van der Waals surface area contributed by atoms with Gasteiger partial charge < -0.3 is 15.7 Å². The van der Waals surface area contributed by atoms with E-state index in [1.54, 1.807) is 11.7 Å². The molecule has 1 aliphatic rings. The quantitative estimate of drug-likeness (QED) is 0.634. The predicted octanol–water partition coefficient (Wildman–Crippen LogP) is 1.16. The topological polar surface area (TPSA) is 97.3 Å². The second-order valence-electron chi connectivity index (χ2n) is 6.74. The maximum absolute atomic E-state index is 12.0. The minimum absolute atomic E-state index is 0.313. The Bertz CT molecular complexity index is 1120. The van der Waals surface area contributed by atoms with Crippen LogP contribution in [0, 0.1) is 11.8 Å². The molecule has 27 heavy (non-hydrogen) atoms. The number of nitrogen functional groups attached to an aromatic ring is 1. The zero-order valence-electron chi connectivity index (χ0n) is 15.1. The van der Waals surface area contributed by atoms with E-state index in [-0.39, 0.29) is 5.91 Å². The zero-order valence-corrected chi connectivity index (χ0v) is 15.1. The van der Waals surface area contributed by atoms with Crippen molar-refractivity contribution in [3.05, 3.63) is 42.0 Å². The third kappa shape index (κ3) is 2.90. The standard InChI is InChI=1S/C20H19N5O2/c1-24-11-10-20(27,19(24)26)9-8-13-4-3-5-14(12-13)15-6-7-16-17(22-15)18(21)23-25(16)2/h3-7,12,27H,10-11H2,1-2H3,(H2,21,23)/t20-/m0/s1. The molecule has 7 heteroatoms. The van der Waals surface area contributed by atoms with Gasteiger partial charge in [0.25, 0.3) is 5.91 Å². The predicted molar refractivity (Wildman–Crippen MR) is 102 cm³/mol. The van der Waals surface area contributed by atoms with Crippen LogP contribution >= 0.6 is 0 Å². The third-order valence-electron chi connectivity index (χ3n) is 4.80. The van der Waals surface area contributed by atoms with E-state index in [0.29, 0.717) is 29.9 Å². The summed E-state index contributed by atoms with van der Waals surface area (Å²) in [6.07, 6.45) is 0.313. The fourth-order valence-electron chi connectivity index (χ4n) is 3.23. The summed E-state index contributed by atoms with van der Waals surface area (Å²) in [6.45, 7) is 0.501. The highest BCUT2D eigenvalue weighted by Crippen LogP contribution is 2.25. The van der Waals surface area contributed by atoms with E-state index < -0.39 is 5.60 Å². The average molecular weight is 361 g/mol. The van der Waals surface area contributed by atoms with Crippen LogP contribution in [0.25, 0.3) is 22.3 Å². The Balaban J connectivity index is 1.69. The van der Waals surface area contributed by atoms with Crippen LogP contribution < -0.4 is 5.73 Å². The zero-order chi connectivity index (χ0) is 19.2. The van der Waals surface area contributed by atoms with Crippen molar-refractivity contribution in [2.75, 3.05) is 19.3 Å². The summed E-state index contributed by atoms with van der Waals surface area (Å²) in [7, 11) is 3.48. The van der Waals surface area contributed by atoms with E-state index in [0.717, 1.165) is 16.8 Å². The summed E-state index contributed by atoms with van der Waals surface area (Å²) in [5.74, 6) is 5.69. The maximum atomic E-state index is 12.0. The summed E-state index contributed by atoms with van der Waals surface area (Å²) in [6, 6.07) is 11.3. The first-order valence-corrected chi connectivity index (χ1v) is 8.58. The average Bonchev–Trinajstić information content (AvgIpc) is 3.11. The Kier molecular flexibility index (Phi) is 3.86. The van der Waals surface area contributed by atoms with Crippen LogP contribution in [0.3, 0.4) is 0 Å². The summed E-state index contributed by atoms with van der Waals surface area (Å²) < 4.78 is 1.69. The molecule has 1 fully saturated rings. The molecule has 0 aliphatic carbocycles. The lowest BCUT2D eigenvalue weighted by Gasteiger charge is -2.13. The Morgan fingerprint density at radius 2 is 2.07 bits per heavy atom. The van der Waals surface area contributed by atoms with Gasteiger partial charge in [-0.3, -0.25) is 9.48 Å². The molecule has 1 aliphatic heterocycles. The molecule has 1 atom stereocenters. The number of rotatable bonds is 1. The number of benzene rings is 1. The second kappa shape index (κ2) is 6.11. The van der Waals surface area contributed by atoms with Gasteiger partial charge in [0.2, 0.25) is 5.60 Å². The summed E-state index contributed by atoms with van der Waals surface area (Å²) in [4.78, 5) is 18.1. The van der Waals surface area contributed by atoms with Crippen LogP contribution in [0.1, 0.15) is 12.0 Å². The van der Waals surface area contributed by atoms with Gasteiger partial charge in [-0.05, 0) is 24.3 Å². The van der Waals surface area contributed by atoms with E-state index in [9.17, 15) is 9.90 Å². The van der Waals surface area contributed by atoms with Crippen LogP contribution in [0.4, 0.5) is 5.82 Å². The smallest absolute Gasteiger partial charge is 0.267 e. The van der Waals surface area contributed by atoms with Gasteiger partial charge in [-0.15, -0.1) is 0 Å². The van der Waals surface area contributed by atoms with Gasteiger partial charge in [0.1, 0.15) is 5.52 Å². The Labute approximate surface area is 156 Å². The Morgan fingerprint density at radius 1 is 1.26 bits per heavy atom. The number of nitrogens with zero attached hydrogens (tertiary/aromatic N) is 4. The first-order chi connectivity index (χ1) is 12.9. The minimum Gasteiger partial charge on any atom is -0.380 e. The van der Waals surface area contributed by atoms with Gasteiger partial charge in [0, 0.05) is 38.2 Å². The molecule has 1 saturated heterocycles. The SMILES string of the molecule is CN1CC[C@@](O)(C#Cc2cccc(-c3ccc4c(n3)c(N)nn4C)c2)C1=O. The van der Waals surface area contributed by atoms with Crippen molar-refractivity contribution in [3.8, 4) is 23.1 Å². The van der Waals surface area contributed by atoms with Crippen molar-refractivity contribution in [2.24, 2.45) is 7.05 Å². The van der Waals surface area contributed by atoms with Gasteiger partial charge in [-0.1, -0.05) is 24.0 Å². The molecule has 0 radical (unpaired) electrons. The largest absolute Gasteiger partial charge is 0.380 e. The molecule has 0 spiro atoms. The number of likely N-dealkylation sites (tertiary alicyclic amines) is 1. The Morgan fingerprint density at radius 3 is 2.81 bits per heavy atom. The number of amides is 1. The van der Waals surface area contributed by atoms with Crippen LogP contribution in [0.5, 0.6) is 0 Å². The second-order valence-corrected chi connectivity index (χ2v) is 6.74. The number of likely N-dealkylation sites (N-methyl/N-ethyl adjacent to an activating group) is 1. The lowest BCUT2D eigenvalue weighted by molar-refractivity contribution is -0.137. The number of pyridine rings is 1. The number of hydrogen-bond acceptors (Lipinski definition) is 5. The molecule has 0 unspecified atom stereocenters. The number of carbonyl (C=O) groups is 1. The minimum atomic E-state index is -1.61.